The molecule has 2 heterocycles. The maximum absolute atomic E-state index is 14.0. The van der Waals surface area contributed by atoms with Crippen molar-refractivity contribution in [3.8, 4) is 0 Å². The number of nitrogens with zero attached hydrogens (tertiary/aromatic N) is 1. The summed E-state index contributed by atoms with van der Waals surface area (Å²) in [6, 6.07) is 4.87. The molecule has 0 spiro atoms. The molecule has 2 bridgehead atoms. The highest BCUT2D eigenvalue weighted by Crippen LogP contribution is 2.23. The molecule has 0 radical (unpaired) electrons. The Bertz CT molecular complexity index is 611. The minimum absolute atomic E-state index is 0. The number of likely N-dealkylation sites (tertiary alicyclic amines) is 1. The van der Waals surface area contributed by atoms with Crippen molar-refractivity contribution in [2.45, 2.75) is 38.3 Å². The number of rotatable bonds is 2. The van der Waals surface area contributed by atoms with Crippen molar-refractivity contribution in [3.63, 3.8) is 0 Å². The van der Waals surface area contributed by atoms with Gasteiger partial charge in [0.1, 0.15) is 5.82 Å². The molecule has 2 atom stereocenters. The highest BCUT2D eigenvalue weighted by molar-refractivity contribution is 5.97. The quantitative estimate of drug-likeness (QED) is 0.866. The molecule has 126 valence electrons. The molecule has 5 nitrogen and oxygen atoms in total. The summed E-state index contributed by atoms with van der Waals surface area (Å²) in [6.45, 7) is 2.62. The number of amides is 2. The number of anilines is 1. The average Bonchev–Trinajstić information content (AvgIpc) is 2.79. The maximum Gasteiger partial charge on any atom is 0.256 e. The van der Waals surface area contributed by atoms with E-state index in [1.807, 2.05) is 0 Å². The van der Waals surface area contributed by atoms with Crippen LogP contribution >= 0.6 is 12.4 Å². The smallest absolute Gasteiger partial charge is 0.256 e. The number of carbonyl (C=O) groups excluding carboxylic acids is 2. The number of benzene rings is 1. The van der Waals surface area contributed by atoms with Crippen molar-refractivity contribution < 1.29 is 14.0 Å². The molecule has 7 heteroatoms. The predicted octanol–water partition coefficient (Wildman–Crippen LogP) is 2.17. The van der Waals surface area contributed by atoms with E-state index in [2.05, 4.69) is 10.6 Å². The van der Waals surface area contributed by atoms with E-state index in [-0.39, 0.29) is 29.8 Å². The molecule has 2 aliphatic heterocycles. The van der Waals surface area contributed by atoms with E-state index < -0.39 is 5.82 Å². The first kappa shape index (κ1) is 17.7. The Hall–Kier alpha value is -1.66. The van der Waals surface area contributed by atoms with Gasteiger partial charge in [0.2, 0.25) is 5.91 Å². The molecule has 3 rings (SSSR count). The van der Waals surface area contributed by atoms with Gasteiger partial charge in [0.05, 0.1) is 5.56 Å². The first-order chi connectivity index (χ1) is 10.5. The van der Waals surface area contributed by atoms with Gasteiger partial charge in [0.15, 0.2) is 0 Å². The van der Waals surface area contributed by atoms with Crippen molar-refractivity contribution in [1.29, 1.82) is 0 Å². The van der Waals surface area contributed by atoms with Gasteiger partial charge in [-0.15, -0.1) is 12.4 Å². The SMILES string of the molecule is CC(=O)Nc1ccc(F)c(C(=O)N2CCC3CCC(C2)N3)c1.Cl. The molecule has 23 heavy (non-hydrogen) atoms. The fourth-order valence-corrected chi connectivity index (χ4v) is 3.27. The van der Waals surface area contributed by atoms with Crippen LogP contribution < -0.4 is 10.6 Å². The molecule has 2 fully saturated rings. The van der Waals surface area contributed by atoms with Gasteiger partial charge < -0.3 is 15.5 Å². The predicted molar refractivity (Wildman–Crippen MR) is 88.4 cm³/mol. The van der Waals surface area contributed by atoms with E-state index in [0.717, 1.165) is 19.3 Å². The molecule has 0 aromatic heterocycles. The molecule has 0 saturated carbocycles. The number of hydrogen-bond donors (Lipinski definition) is 2. The summed E-state index contributed by atoms with van der Waals surface area (Å²) in [5.41, 5.74) is 0.454. The lowest BCUT2D eigenvalue weighted by Gasteiger charge is -2.24. The largest absolute Gasteiger partial charge is 0.337 e. The molecule has 2 N–H and O–H groups in total. The summed E-state index contributed by atoms with van der Waals surface area (Å²) in [5, 5.41) is 6.08. The summed E-state index contributed by atoms with van der Waals surface area (Å²) in [7, 11) is 0. The number of hydrogen-bond acceptors (Lipinski definition) is 3. The van der Waals surface area contributed by atoms with E-state index in [0.29, 0.717) is 30.9 Å². The van der Waals surface area contributed by atoms with Crippen LogP contribution in [0, 0.1) is 5.82 Å². The van der Waals surface area contributed by atoms with Crippen LogP contribution in [-0.2, 0) is 4.79 Å². The lowest BCUT2D eigenvalue weighted by molar-refractivity contribution is -0.114. The highest BCUT2D eigenvalue weighted by atomic mass is 35.5. The van der Waals surface area contributed by atoms with Crippen LogP contribution in [0.25, 0.3) is 0 Å². The van der Waals surface area contributed by atoms with Gasteiger partial charge in [-0.05, 0) is 37.5 Å². The number of nitrogens with one attached hydrogen (secondary N) is 2. The van der Waals surface area contributed by atoms with Crippen LogP contribution in [0.5, 0.6) is 0 Å². The van der Waals surface area contributed by atoms with E-state index in [9.17, 15) is 14.0 Å². The fourth-order valence-electron chi connectivity index (χ4n) is 3.27. The zero-order valence-electron chi connectivity index (χ0n) is 13.0. The molecule has 1 aromatic carbocycles. The van der Waals surface area contributed by atoms with Gasteiger partial charge in [-0.3, -0.25) is 9.59 Å². The molecule has 2 amide bonds. The van der Waals surface area contributed by atoms with Crippen molar-refractivity contribution in [3.05, 3.63) is 29.6 Å². The zero-order valence-corrected chi connectivity index (χ0v) is 13.8. The van der Waals surface area contributed by atoms with Crippen LogP contribution in [0.4, 0.5) is 10.1 Å². The summed E-state index contributed by atoms with van der Waals surface area (Å²) >= 11 is 0. The summed E-state index contributed by atoms with van der Waals surface area (Å²) in [4.78, 5) is 25.5. The Morgan fingerprint density at radius 3 is 2.74 bits per heavy atom. The third-order valence-corrected chi connectivity index (χ3v) is 4.33. The van der Waals surface area contributed by atoms with Crippen LogP contribution in [0.2, 0.25) is 0 Å². The topological polar surface area (TPSA) is 61.4 Å². The molecule has 2 saturated heterocycles. The Morgan fingerprint density at radius 1 is 1.26 bits per heavy atom. The molecule has 2 aliphatic rings. The van der Waals surface area contributed by atoms with Crippen molar-refractivity contribution >= 4 is 29.9 Å². The van der Waals surface area contributed by atoms with Gasteiger partial charge >= 0.3 is 0 Å². The van der Waals surface area contributed by atoms with Gasteiger partial charge in [0.25, 0.3) is 5.91 Å². The summed E-state index contributed by atoms with van der Waals surface area (Å²) < 4.78 is 14.0. The Morgan fingerprint density at radius 2 is 2.00 bits per heavy atom. The summed E-state index contributed by atoms with van der Waals surface area (Å²) in [5.74, 6) is -1.11. The molecular weight excluding hydrogens is 321 g/mol. The van der Waals surface area contributed by atoms with E-state index in [4.69, 9.17) is 0 Å². The monoisotopic (exact) mass is 341 g/mol. The molecule has 0 aliphatic carbocycles. The lowest BCUT2D eigenvalue weighted by Crippen LogP contribution is -2.39. The van der Waals surface area contributed by atoms with Gasteiger partial charge in [-0.25, -0.2) is 4.39 Å². The van der Waals surface area contributed by atoms with Crippen molar-refractivity contribution in [1.82, 2.24) is 10.2 Å². The second-order valence-corrected chi connectivity index (χ2v) is 6.05. The van der Waals surface area contributed by atoms with E-state index in [1.165, 1.54) is 25.1 Å². The van der Waals surface area contributed by atoms with Crippen LogP contribution in [-0.4, -0.2) is 41.9 Å². The molecule has 1 aromatic rings. The average molecular weight is 342 g/mol. The number of halogens is 2. The van der Waals surface area contributed by atoms with Gasteiger partial charge in [-0.1, -0.05) is 0 Å². The van der Waals surface area contributed by atoms with E-state index >= 15 is 0 Å². The summed E-state index contributed by atoms with van der Waals surface area (Å²) in [6.07, 6.45) is 3.11. The molecule has 2 unspecified atom stereocenters. The standard InChI is InChI=1S/C16H20FN3O2.ClH/c1-10(21)18-12-4-5-15(17)14(8-12)16(22)20-7-6-11-2-3-13(9-20)19-11;/h4-5,8,11,13,19H,2-3,6-7,9H2,1H3,(H,18,21);1H. The van der Waals surface area contributed by atoms with Gasteiger partial charge in [-0.2, -0.15) is 0 Å². The number of carbonyl (C=O) groups is 2. The zero-order chi connectivity index (χ0) is 15.7. The van der Waals surface area contributed by atoms with Crippen LogP contribution in [0.3, 0.4) is 0 Å². The highest BCUT2D eigenvalue weighted by Gasteiger charge is 2.32. The maximum atomic E-state index is 14.0. The molecular formula is C16H21ClFN3O2. The Labute approximate surface area is 141 Å². The van der Waals surface area contributed by atoms with Crippen molar-refractivity contribution in [2.24, 2.45) is 0 Å². The lowest BCUT2D eigenvalue weighted by atomic mass is 10.1. The Kier molecular flexibility index (Phi) is 5.59. The second kappa shape index (κ2) is 7.27. The Balaban J connectivity index is 0.00000192. The minimum atomic E-state index is -0.554. The first-order valence-electron chi connectivity index (χ1n) is 7.65. The normalized spacial score (nSPS) is 23.0. The second-order valence-electron chi connectivity index (χ2n) is 6.05. The van der Waals surface area contributed by atoms with Crippen molar-refractivity contribution in [2.75, 3.05) is 18.4 Å². The minimum Gasteiger partial charge on any atom is -0.337 e. The van der Waals surface area contributed by atoms with Gasteiger partial charge in [0, 0.05) is 37.8 Å². The van der Waals surface area contributed by atoms with Crippen LogP contribution in [0.15, 0.2) is 18.2 Å². The fraction of sp³-hybridized carbons (Fsp3) is 0.500. The third-order valence-electron chi connectivity index (χ3n) is 4.33. The first-order valence-corrected chi connectivity index (χ1v) is 7.65. The number of fused-ring (bicyclic) bond motifs is 2. The van der Waals surface area contributed by atoms with E-state index in [1.54, 1.807) is 4.90 Å². The third kappa shape index (κ3) is 4.00. The van der Waals surface area contributed by atoms with Crippen LogP contribution in [0.1, 0.15) is 36.5 Å².